The first-order valence-electron chi connectivity index (χ1n) is 6.51. The minimum absolute atomic E-state index is 0.0770. The second-order valence-electron chi connectivity index (χ2n) is 4.90. The van der Waals surface area contributed by atoms with E-state index in [9.17, 15) is 8.42 Å². The average molecular weight is 319 g/mol. The lowest BCUT2D eigenvalue weighted by atomic mass is 10.2. The fraction of sp³-hybridized carbons (Fsp3) is 0.538. The number of ether oxygens (including phenoxy) is 1. The number of rotatable bonds is 5. The molecule has 1 aliphatic carbocycles. The van der Waals surface area contributed by atoms with Gasteiger partial charge in [-0.1, -0.05) is 17.7 Å². The first-order chi connectivity index (χ1) is 9.47. The smallest absolute Gasteiger partial charge is 0.242 e. The van der Waals surface area contributed by atoms with Crippen molar-refractivity contribution in [2.45, 2.75) is 42.8 Å². The summed E-state index contributed by atoms with van der Waals surface area (Å²) in [6.07, 6.45) is 2.51. The van der Waals surface area contributed by atoms with Crippen molar-refractivity contribution in [3.8, 4) is 0 Å². The Morgan fingerprint density at radius 2 is 2.20 bits per heavy atom. The monoisotopic (exact) mass is 318 g/mol. The molecule has 0 bridgehead atoms. The van der Waals surface area contributed by atoms with Crippen molar-refractivity contribution in [3.63, 3.8) is 0 Å². The first-order valence-corrected chi connectivity index (χ1v) is 8.37. The number of sulfonamides is 1. The van der Waals surface area contributed by atoms with Gasteiger partial charge in [-0.15, -0.1) is 0 Å². The van der Waals surface area contributed by atoms with Crippen molar-refractivity contribution in [1.82, 2.24) is 4.72 Å². The van der Waals surface area contributed by atoms with E-state index in [2.05, 4.69) is 4.72 Å². The van der Waals surface area contributed by atoms with Gasteiger partial charge in [0.25, 0.3) is 0 Å². The summed E-state index contributed by atoms with van der Waals surface area (Å²) in [5, 5.41) is 0.187. The van der Waals surface area contributed by atoms with E-state index in [1.54, 1.807) is 19.2 Å². The quantitative estimate of drug-likeness (QED) is 0.865. The summed E-state index contributed by atoms with van der Waals surface area (Å²) in [6, 6.07) is 4.54. The maximum atomic E-state index is 12.4. The van der Waals surface area contributed by atoms with Crippen LogP contribution in [0.1, 0.15) is 24.8 Å². The van der Waals surface area contributed by atoms with Crippen molar-refractivity contribution in [3.05, 3.63) is 28.8 Å². The summed E-state index contributed by atoms with van der Waals surface area (Å²) in [5.41, 5.74) is 6.30. The molecule has 2 rings (SSSR count). The SMILES string of the molecule is COC1CCCC1NS(=O)(=O)c1ccc(CN)cc1Cl. The van der Waals surface area contributed by atoms with E-state index in [1.807, 2.05) is 0 Å². The van der Waals surface area contributed by atoms with Gasteiger partial charge in [-0.25, -0.2) is 13.1 Å². The number of hydrogen-bond donors (Lipinski definition) is 2. The molecule has 0 spiro atoms. The summed E-state index contributed by atoms with van der Waals surface area (Å²) < 4.78 is 32.8. The van der Waals surface area contributed by atoms with Crippen LogP contribution in [0.4, 0.5) is 0 Å². The van der Waals surface area contributed by atoms with E-state index in [0.717, 1.165) is 24.8 Å². The molecule has 0 saturated heterocycles. The molecule has 3 N–H and O–H groups in total. The van der Waals surface area contributed by atoms with Crippen molar-refractivity contribution in [2.24, 2.45) is 5.73 Å². The van der Waals surface area contributed by atoms with Crippen LogP contribution in [0.15, 0.2) is 23.1 Å². The number of nitrogens with two attached hydrogens (primary N) is 1. The molecule has 2 atom stereocenters. The van der Waals surface area contributed by atoms with E-state index < -0.39 is 10.0 Å². The molecular formula is C13H19ClN2O3S. The first kappa shape index (κ1) is 15.7. The third kappa shape index (κ3) is 3.32. The Kier molecular flexibility index (Phi) is 5.04. The van der Waals surface area contributed by atoms with Gasteiger partial charge in [-0.05, 0) is 37.0 Å². The molecule has 20 heavy (non-hydrogen) atoms. The highest BCUT2D eigenvalue weighted by atomic mass is 35.5. The van der Waals surface area contributed by atoms with Crippen LogP contribution in [0.3, 0.4) is 0 Å². The van der Waals surface area contributed by atoms with Crippen LogP contribution in [0.2, 0.25) is 5.02 Å². The van der Waals surface area contributed by atoms with Gasteiger partial charge >= 0.3 is 0 Å². The summed E-state index contributed by atoms with van der Waals surface area (Å²) >= 11 is 6.04. The fourth-order valence-electron chi connectivity index (χ4n) is 2.49. The Morgan fingerprint density at radius 1 is 1.45 bits per heavy atom. The van der Waals surface area contributed by atoms with E-state index in [0.29, 0.717) is 6.54 Å². The van der Waals surface area contributed by atoms with Crippen LogP contribution in [0.5, 0.6) is 0 Å². The molecule has 0 aliphatic heterocycles. The van der Waals surface area contributed by atoms with Gasteiger partial charge in [0, 0.05) is 19.7 Å². The highest BCUT2D eigenvalue weighted by Gasteiger charge is 2.32. The van der Waals surface area contributed by atoms with Gasteiger partial charge in [-0.3, -0.25) is 0 Å². The van der Waals surface area contributed by atoms with E-state index >= 15 is 0 Å². The van der Waals surface area contributed by atoms with E-state index in [-0.39, 0.29) is 22.1 Å². The summed E-state index contributed by atoms with van der Waals surface area (Å²) in [4.78, 5) is 0.0816. The molecule has 1 aromatic rings. The molecule has 1 aromatic carbocycles. The van der Waals surface area contributed by atoms with Crippen LogP contribution in [0, 0.1) is 0 Å². The van der Waals surface area contributed by atoms with Gasteiger partial charge in [0.1, 0.15) is 4.90 Å². The molecule has 0 radical (unpaired) electrons. The predicted octanol–water partition coefficient (Wildman–Crippen LogP) is 1.64. The Labute approximate surface area is 124 Å². The minimum Gasteiger partial charge on any atom is -0.380 e. The highest BCUT2D eigenvalue weighted by Crippen LogP contribution is 2.26. The van der Waals surface area contributed by atoms with Crippen molar-refractivity contribution < 1.29 is 13.2 Å². The topological polar surface area (TPSA) is 81.4 Å². The lowest BCUT2D eigenvalue weighted by Crippen LogP contribution is -2.40. The molecule has 1 fully saturated rings. The molecule has 0 heterocycles. The standard InChI is InChI=1S/C13H19ClN2O3S/c1-19-12-4-2-3-11(12)16-20(17,18)13-6-5-9(8-15)7-10(13)14/h5-7,11-12,16H,2-4,8,15H2,1H3. The maximum Gasteiger partial charge on any atom is 0.242 e. The molecule has 1 aliphatic rings. The van der Waals surface area contributed by atoms with Gasteiger partial charge in [0.2, 0.25) is 10.0 Å². The largest absolute Gasteiger partial charge is 0.380 e. The lowest BCUT2D eigenvalue weighted by molar-refractivity contribution is 0.0916. The molecule has 0 aromatic heterocycles. The Bertz CT molecular complexity index is 577. The predicted molar refractivity (Wildman–Crippen MR) is 78.1 cm³/mol. The zero-order valence-corrected chi connectivity index (χ0v) is 12.9. The average Bonchev–Trinajstić information content (AvgIpc) is 2.84. The zero-order valence-electron chi connectivity index (χ0n) is 11.3. The Morgan fingerprint density at radius 3 is 2.80 bits per heavy atom. The fourth-order valence-corrected chi connectivity index (χ4v) is 4.36. The Balaban J connectivity index is 2.22. The van der Waals surface area contributed by atoms with E-state index in [4.69, 9.17) is 22.1 Å². The number of hydrogen-bond acceptors (Lipinski definition) is 4. The zero-order chi connectivity index (χ0) is 14.8. The molecule has 2 unspecified atom stereocenters. The van der Waals surface area contributed by atoms with Crippen LogP contribution >= 0.6 is 11.6 Å². The molecule has 112 valence electrons. The van der Waals surface area contributed by atoms with Crippen molar-refractivity contribution in [1.29, 1.82) is 0 Å². The summed E-state index contributed by atoms with van der Waals surface area (Å²) in [6.45, 7) is 0.321. The van der Waals surface area contributed by atoms with E-state index in [1.165, 1.54) is 6.07 Å². The van der Waals surface area contributed by atoms with Crippen LogP contribution in [-0.2, 0) is 21.3 Å². The third-order valence-electron chi connectivity index (χ3n) is 3.58. The molecule has 1 saturated carbocycles. The molecule has 5 nitrogen and oxygen atoms in total. The maximum absolute atomic E-state index is 12.4. The van der Waals surface area contributed by atoms with Crippen molar-refractivity contribution in [2.75, 3.05) is 7.11 Å². The lowest BCUT2D eigenvalue weighted by Gasteiger charge is -2.20. The normalized spacial score (nSPS) is 23.1. The minimum atomic E-state index is -3.65. The molecule has 0 amide bonds. The van der Waals surface area contributed by atoms with Gasteiger partial charge in [-0.2, -0.15) is 0 Å². The second kappa shape index (κ2) is 6.41. The van der Waals surface area contributed by atoms with Gasteiger partial charge in [0.15, 0.2) is 0 Å². The van der Waals surface area contributed by atoms with Crippen molar-refractivity contribution >= 4 is 21.6 Å². The van der Waals surface area contributed by atoms with Crippen LogP contribution in [-0.4, -0.2) is 27.7 Å². The van der Waals surface area contributed by atoms with Crippen LogP contribution < -0.4 is 10.5 Å². The highest BCUT2D eigenvalue weighted by molar-refractivity contribution is 7.89. The van der Waals surface area contributed by atoms with Gasteiger partial charge < -0.3 is 10.5 Å². The van der Waals surface area contributed by atoms with Crippen LogP contribution in [0.25, 0.3) is 0 Å². The molecule has 7 heteroatoms. The third-order valence-corrected chi connectivity index (χ3v) is 5.56. The number of benzene rings is 1. The number of methoxy groups -OCH3 is 1. The number of halogens is 1. The molecular weight excluding hydrogens is 300 g/mol. The number of nitrogens with one attached hydrogen (secondary N) is 1. The van der Waals surface area contributed by atoms with Gasteiger partial charge in [0.05, 0.1) is 11.1 Å². The summed E-state index contributed by atoms with van der Waals surface area (Å²) in [7, 11) is -2.05. The Hall–Kier alpha value is -0.660. The second-order valence-corrected chi connectivity index (χ2v) is 6.99. The summed E-state index contributed by atoms with van der Waals surface area (Å²) in [5.74, 6) is 0.